The molecule has 4 heteroatoms. The number of rotatable bonds is 3. The summed E-state index contributed by atoms with van der Waals surface area (Å²) in [6.07, 6.45) is 0. The van der Waals surface area contributed by atoms with Gasteiger partial charge < -0.3 is 0 Å². The molecular weight excluding hydrogens is 190 g/mol. The summed E-state index contributed by atoms with van der Waals surface area (Å²) in [6, 6.07) is 0. The molecule has 12 heavy (non-hydrogen) atoms. The number of hydrogen-bond donors (Lipinski definition) is 0. The molecule has 0 saturated heterocycles. The van der Waals surface area contributed by atoms with E-state index >= 15 is 0 Å². The van der Waals surface area contributed by atoms with Gasteiger partial charge in [0.05, 0.1) is 21.4 Å². The smallest absolute Gasteiger partial charge is 0.0730 e. The second-order valence-electron chi connectivity index (χ2n) is 2.85. The molecule has 0 bridgehead atoms. The average molecular weight is 203 g/mol. The molecule has 0 aromatic carbocycles. The first-order valence-electron chi connectivity index (χ1n) is 3.99. The Balaban J connectivity index is 2.99. The molecule has 1 heterocycles. The van der Waals surface area contributed by atoms with Gasteiger partial charge >= 0.3 is 0 Å². The summed E-state index contributed by atoms with van der Waals surface area (Å²) in [5.74, 6) is 1.06. The molecule has 1 rings (SSSR count). The quantitative estimate of drug-likeness (QED) is 0.755. The van der Waals surface area contributed by atoms with Crippen LogP contribution in [0.2, 0.25) is 0 Å². The third kappa shape index (κ3) is 1.93. The van der Waals surface area contributed by atoms with Gasteiger partial charge in [-0.05, 0) is 17.5 Å². The molecule has 0 aliphatic carbocycles. The van der Waals surface area contributed by atoms with Crippen molar-refractivity contribution in [2.45, 2.75) is 31.6 Å². The highest BCUT2D eigenvalue weighted by atomic mass is 32.2. The maximum Gasteiger partial charge on any atom is 0.0730 e. The summed E-state index contributed by atoms with van der Waals surface area (Å²) in [5, 5.41) is 1.90. The fourth-order valence-corrected chi connectivity index (χ4v) is 3.09. The first kappa shape index (κ1) is 9.86. The lowest BCUT2D eigenvalue weighted by Gasteiger charge is -2.02. The molecule has 0 fully saturated rings. The summed E-state index contributed by atoms with van der Waals surface area (Å²) in [5.41, 5.74) is 1.00. The number of nitrogens with zero attached hydrogens (tertiary/aromatic N) is 1. The minimum absolute atomic E-state index is 0.377. The highest BCUT2D eigenvalue weighted by Gasteiger charge is 2.13. The van der Waals surface area contributed by atoms with Gasteiger partial charge in [0.1, 0.15) is 0 Å². The second kappa shape index (κ2) is 4.14. The third-order valence-corrected chi connectivity index (χ3v) is 3.75. The molecule has 0 saturated carbocycles. The summed E-state index contributed by atoms with van der Waals surface area (Å²) < 4.78 is 15.7. The van der Waals surface area contributed by atoms with Crippen molar-refractivity contribution in [3.8, 4) is 0 Å². The van der Waals surface area contributed by atoms with Crippen LogP contribution in [0.5, 0.6) is 0 Å². The van der Waals surface area contributed by atoms with Crippen molar-refractivity contribution in [3.63, 3.8) is 0 Å². The zero-order valence-corrected chi connectivity index (χ0v) is 9.17. The SMILES string of the molecule is CCS(=O)c1csnc1C(C)C. The maximum absolute atomic E-state index is 11.5. The monoisotopic (exact) mass is 203 g/mol. The highest BCUT2D eigenvalue weighted by Crippen LogP contribution is 2.22. The Labute approximate surface area is 79.6 Å². The molecule has 1 unspecified atom stereocenters. The molecule has 1 atom stereocenters. The van der Waals surface area contributed by atoms with Gasteiger partial charge in [0.2, 0.25) is 0 Å². The van der Waals surface area contributed by atoms with Crippen LogP contribution in [-0.2, 0) is 10.8 Å². The van der Waals surface area contributed by atoms with Crippen LogP contribution in [0.1, 0.15) is 32.4 Å². The Hall–Kier alpha value is -0.220. The third-order valence-electron chi connectivity index (χ3n) is 1.62. The minimum atomic E-state index is -0.843. The Morgan fingerprint density at radius 1 is 1.67 bits per heavy atom. The van der Waals surface area contributed by atoms with Crippen LogP contribution in [0.3, 0.4) is 0 Å². The predicted molar refractivity (Wildman–Crippen MR) is 53.2 cm³/mol. The van der Waals surface area contributed by atoms with Gasteiger partial charge in [-0.15, -0.1) is 0 Å². The van der Waals surface area contributed by atoms with E-state index in [1.807, 2.05) is 12.3 Å². The molecule has 1 aromatic rings. The summed E-state index contributed by atoms with van der Waals surface area (Å²) in [6.45, 7) is 6.08. The van der Waals surface area contributed by atoms with Crippen LogP contribution in [0.4, 0.5) is 0 Å². The Morgan fingerprint density at radius 2 is 2.33 bits per heavy atom. The normalized spacial score (nSPS) is 13.7. The average Bonchev–Trinajstić information content (AvgIpc) is 2.50. The van der Waals surface area contributed by atoms with Crippen molar-refractivity contribution in [1.82, 2.24) is 4.37 Å². The van der Waals surface area contributed by atoms with E-state index in [2.05, 4.69) is 18.2 Å². The van der Waals surface area contributed by atoms with E-state index in [0.717, 1.165) is 10.6 Å². The summed E-state index contributed by atoms with van der Waals surface area (Å²) >= 11 is 1.40. The predicted octanol–water partition coefficient (Wildman–Crippen LogP) is 2.39. The Bertz CT molecular complexity index is 280. The topological polar surface area (TPSA) is 30.0 Å². The molecule has 68 valence electrons. The zero-order chi connectivity index (χ0) is 9.14. The molecule has 0 spiro atoms. The van der Waals surface area contributed by atoms with E-state index in [1.54, 1.807) is 0 Å². The van der Waals surface area contributed by atoms with Gasteiger partial charge in [0.25, 0.3) is 0 Å². The first-order valence-corrected chi connectivity index (χ1v) is 6.15. The van der Waals surface area contributed by atoms with E-state index < -0.39 is 10.8 Å². The number of aromatic nitrogens is 1. The largest absolute Gasteiger partial charge is 0.254 e. The zero-order valence-electron chi connectivity index (χ0n) is 7.53. The number of hydrogen-bond acceptors (Lipinski definition) is 3. The fraction of sp³-hybridized carbons (Fsp3) is 0.625. The van der Waals surface area contributed by atoms with E-state index in [4.69, 9.17) is 0 Å². The van der Waals surface area contributed by atoms with Gasteiger partial charge in [-0.25, -0.2) is 0 Å². The molecule has 0 radical (unpaired) electrons. The second-order valence-corrected chi connectivity index (χ2v) is 5.19. The lowest BCUT2D eigenvalue weighted by molar-refractivity contribution is 0.681. The van der Waals surface area contributed by atoms with E-state index in [-0.39, 0.29) is 0 Å². The van der Waals surface area contributed by atoms with Crippen LogP contribution in [-0.4, -0.2) is 14.3 Å². The lowest BCUT2D eigenvalue weighted by Crippen LogP contribution is -1.98. The molecule has 2 nitrogen and oxygen atoms in total. The molecule has 1 aromatic heterocycles. The highest BCUT2D eigenvalue weighted by molar-refractivity contribution is 7.85. The first-order chi connectivity index (χ1) is 5.66. The summed E-state index contributed by atoms with van der Waals surface area (Å²) in [4.78, 5) is 0.928. The van der Waals surface area contributed by atoms with Crippen LogP contribution in [0.25, 0.3) is 0 Å². The molecule has 0 amide bonds. The standard InChI is InChI=1S/C8H13NOS2/c1-4-12(10)7-5-11-9-8(7)6(2)3/h5-6H,4H2,1-3H3. The van der Waals surface area contributed by atoms with E-state index in [9.17, 15) is 4.21 Å². The Kier molecular flexibility index (Phi) is 3.40. The van der Waals surface area contributed by atoms with Crippen molar-refractivity contribution in [3.05, 3.63) is 11.1 Å². The molecule has 0 N–H and O–H groups in total. The van der Waals surface area contributed by atoms with Gasteiger partial charge in [0.15, 0.2) is 0 Å². The van der Waals surface area contributed by atoms with Crippen LogP contribution >= 0.6 is 11.5 Å². The fourth-order valence-electron chi connectivity index (χ4n) is 0.952. The summed E-state index contributed by atoms with van der Waals surface area (Å²) in [7, 11) is -0.843. The van der Waals surface area contributed by atoms with Crippen molar-refractivity contribution >= 4 is 22.3 Å². The van der Waals surface area contributed by atoms with Crippen LogP contribution in [0, 0.1) is 0 Å². The van der Waals surface area contributed by atoms with Crippen molar-refractivity contribution in [2.24, 2.45) is 0 Å². The van der Waals surface area contributed by atoms with Gasteiger partial charge in [-0.3, -0.25) is 4.21 Å². The minimum Gasteiger partial charge on any atom is -0.254 e. The van der Waals surface area contributed by atoms with Crippen molar-refractivity contribution in [1.29, 1.82) is 0 Å². The molecule has 0 aliphatic rings. The molecule has 0 aliphatic heterocycles. The lowest BCUT2D eigenvalue weighted by atomic mass is 10.1. The van der Waals surface area contributed by atoms with Crippen molar-refractivity contribution < 1.29 is 4.21 Å². The Morgan fingerprint density at radius 3 is 2.83 bits per heavy atom. The van der Waals surface area contributed by atoms with Gasteiger partial charge in [-0.2, -0.15) is 4.37 Å². The van der Waals surface area contributed by atoms with Gasteiger partial charge in [-0.1, -0.05) is 20.8 Å². The van der Waals surface area contributed by atoms with E-state index in [0.29, 0.717) is 11.7 Å². The van der Waals surface area contributed by atoms with Crippen LogP contribution in [0.15, 0.2) is 10.3 Å². The maximum atomic E-state index is 11.5. The van der Waals surface area contributed by atoms with Crippen molar-refractivity contribution in [2.75, 3.05) is 5.75 Å². The molecular formula is C8H13NOS2. The van der Waals surface area contributed by atoms with Crippen LogP contribution < -0.4 is 0 Å². The van der Waals surface area contributed by atoms with E-state index in [1.165, 1.54) is 11.5 Å². The van der Waals surface area contributed by atoms with Gasteiger partial charge in [0, 0.05) is 11.1 Å².